The molecule has 1 aliphatic heterocycles. The second kappa shape index (κ2) is 8.83. The lowest BCUT2D eigenvalue weighted by Crippen LogP contribution is -2.49. The summed E-state index contributed by atoms with van der Waals surface area (Å²) in [5.41, 5.74) is 4.50. The van der Waals surface area contributed by atoms with Crippen molar-refractivity contribution in [1.29, 1.82) is 0 Å². The van der Waals surface area contributed by atoms with Crippen LogP contribution in [0.1, 0.15) is 29.5 Å². The molecule has 4 nitrogen and oxygen atoms in total. The summed E-state index contributed by atoms with van der Waals surface area (Å²) in [4.78, 5) is 13.6. The van der Waals surface area contributed by atoms with E-state index in [2.05, 4.69) is 36.1 Å². The number of furan rings is 1. The summed E-state index contributed by atoms with van der Waals surface area (Å²) >= 11 is 0. The Morgan fingerprint density at radius 3 is 2.58 bits per heavy atom. The summed E-state index contributed by atoms with van der Waals surface area (Å²) in [5.74, 6) is 0.205. The molecule has 5 rings (SSSR count). The highest BCUT2D eigenvalue weighted by atomic mass is 19.1. The van der Waals surface area contributed by atoms with Crippen LogP contribution >= 0.6 is 0 Å². The fraction of sp³-hybridized carbons (Fsp3) is 0.250. The first-order chi connectivity index (χ1) is 16.0. The summed E-state index contributed by atoms with van der Waals surface area (Å²) in [5, 5.41) is 0.961. The number of carbonyl (C=O) groups is 1. The van der Waals surface area contributed by atoms with Crippen molar-refractivity contribution in [2.24, 2.45) is 5.92 Å². The van der Waals surface area contributed by atoms with Gasteiger partial charge in [-0.3, -0.25) is 9.69 Å². The molecular weight excluding hydrogens is 417 g/mol. The molecule has 33 heavy (non-hydrogen) atoms. The van der Waals surface area contributed by atoms with Crippen molar-refractivity contribution in [3.63, 3.8) is 0 Å². The molecule has 5 heteroatoms. The molecule has 1 saturated heterocycles. The quantitative estimate of drug-likeness (QED) is 0.343. The zero-order valence-corrected chi connectivity index (χ0v) is 18.8. The van der Waals surface area contributed by atoms with Crippen LogP contribution in [0.4, 0.5) is 4.39 Å². The summed E-state index contributed by atoms with van der Waals surface area (Å²) in [6.45, 7) is 4.07. The molecule has 0 N–H and O–H groups in total. The third-order valence-corrected chi connectivity index (χ3v) is 6.54. The van der Waals surface area contributed by atoms with Crippen molar-refractivity contribution >= 4 is 16.9 Å². The maximum atomic E-state index is 15.0. The van der Waals surface area contributed by atoms with Crippen molar-refractivity contribution in [1.82, 2.24) is 4.90 Å². The molecule has 0 bridgehead atoms. The molecule has 1 aliphatic rings. The number of methoxy groups -OCH3 is 1. The Labute approximate surface area is 192 Å². The minimum Gasteiger partial charge on any atom is -0.469 e. The first kappa shape index (κ1) is 21.4. The van der Waals surface area contributed by atoms with Crippen LogP contribution in [0.3, 0.4) is 0 Å². The van der Waals surface area contributed by atoms with Crippen LogP contribution in [0, 0.1) is 11.7 Å². The van der Waals surface area contributed by atoms with Crippen LogP contribution in [0.15, 0.2) is 77.2 Å². The summed E-state index contributed by atoms with van der Waals surface area (Å²) in [6.07, 6.45) is 0. The van der Waals surface area contributed by atoms with E-state index < -0.39 is 0 Å². The lowest BCUT2D eigenvalue weighted by molar-refractivity contribution is -0.151. The normalized spacial score (nSPS) is 15.4. The predicted molar refractivity (Wildman–Crippen MR) is 126 cm³/mol. The number of ether oxygens (including phenoxy) is 1. The maximum absolute atomic E-state index is 15.0. The largest absolute Gasteiger partial charge is 0.469 e. The predicted octanol–water partition coefficient (Wildman–Crippen LogP) is 6.00. The second-order valence-corrected chi connectivity index (χ2v) is 8.77. The standard InChI is InChI=1S/C28H26FNO3/c1-18(20-6-4-3-5-7-20)21-9-11-26-22(13-21)14-27(33-26)24-10-8-19(12-25(24)29)15-30-16-23(17-30)28(31)32-2/h3-14,18,23H,15-17H2,1-2H3. The molecule has 0 amide bonds. The first-order valence-corrected chi connectivity index (χ1v) is 11.2. The number of hydrogen-bond acceptors (Lipinski definition) is 4. The van der Waals surface area contributed by atoms with Gasteiger partial charge in [-0.1, -0.05) is 49.4 Å². The molecule has 1 unspecified atom stereocenters. The van der Waals surface area contributed by atoms with E-state index in [-0.39, 0.29) is 23.6 Å². The molecular formula is C28H26FNO3. The van der Waals surface area contributed by atoms with Crippen LogP contribution in [-0.2, 0) is 16.1 Å². The molecule has 1 atom stereocenters. The fourth-order valence-electron chi connectivity index (χ4n) is 4.53. The van der Waals surface area contributed by atoms with Crippen molar-refractivity contribution in [2.45, 2.75) is 19.4 Å². The van der Waals surface area contributed by atoms with Gasteiger partial charge in [0.05, 0.1) is 18.6 Å². The van der Waals surface area contributed by atoms with Crippen LogP contribution < -0.4 is 0 Å². The Balaban J connectivity index is 1.33. The van der Waals surface area contributed by atoms with Crippen molar-refractivity contribution in [2.75, 3.05) is 20.2 Å². The number of nitrogens with zero attached hydrogens (tertiary/aromatic N) is 1. The topological polar surface area (TPSA) is 42.7 Å². The van der Waals surface area contributed by atoms with E-state index in [1.165, 1.54) is 18.2 Å². The maximum Gasteiger partial charge on any atom is 0.311 e. The SMILES string of the molecule is COC(=O)C1CN(Cc2ccc(-c3cc4cc(C(C)c5ccccc5)ccc4o3)c(F)c2)C1. The molecule has 1 fully saturated rings. The van der Waals surface area contributed by atoms with Gasteiger partial charge >= 0.3 is 5.97 Å². The fourth-order valence-corrected chi connectivity index (χ4v) is 4.53. The molecule has 0 spiro atoms. The highest BCUT2D eigenvalue weighted by molar-refractivity contribution is 5.83. The number of likely N-dealkylation sites (tertiary alicyclic amines) is 1. The van der Waals surface area contributed by atoms with Gasteiger partial charge in [-0.2, -0.15) is 0 Å². The number of fused-ring (bicyclic) bond motifs is 1. The van der Waals surface area contributed by atoms with Crippen LogP contribution in [0.2, 0.25) is 0 Å². The number of benzene rings is 3. The monoisotopic (exact) mass is 443 g/mol. The highest BCUT2D eigenvalue weighted by Gasteiger charge is 2.33. The average Bonchev–Trinajstić information content (AvgIpc) is 3.23. The second-order valence-electron chi connectivity index (χ2n) is 8.77. The van der Waals surface area contributed by atoms with E-state index in [1.54, 1.807) is 12.1 Å². The zero-order valence-electron chi connectivity index (χ0n) is 18.8. The van der Waals surface area contributed by atoms with Crippen molar-refractivity contribution < 1.29 is 18.3 Å². The molecule has 1 aromatic heterocycles. The Bertz CT molecular complexity index is 1290. The van der Waals surface area contributed by atoms with Gasteiger partial charge in [-0.05, 0) is 47.0 Å². The Morgan fingerprint density at radius 2 is 1.85 bits per heavy atom. The minimum atomic E-state index is -0.311. The molecule has 0 radical (unpaired) electrons. The van der Waals surface area contributed by atoms with Crippen LogP contribution in [0.25, 0.3) is 22.3 Å². The van der Waals surface area contributed by atoms with Gasteiger partial charge in [0, 0.05) is 30.9 Å². The van der Waals surface area contributed by atoms with E-state index in [4.69, 9.17) is 9.15 Å². The smallest absolute Gasteiger partial charge is 0.311 e. The van der Waals surface area contributed by atoms with Gasteiger partial charge in [-0.25, -0.2) is 4.39 Å². The minimum absolute atomic E-state index is 0.0795. The number of carbonyl (C=O) groups excluding carboxylic acids is 1. The molecule has 168 valence electrons. The van der Waals surface area contributed by atoms with Gasteiger partial charge in [0.25, 0.3) is 0 Å². The Kier molecular flexibility index (Phi) is 5.73. The van der Waals surface area contributed by atoms with E-state index >= 15 is 0 Å². The number of halogens is 1. The summed E-state index contributed by atoms with van der Waals surface area (Å²) in [6, 6.07) is 23.7. The van der Waals surface area contributed by atoms with Gasteiger partial charge in [0.1, 0.15) is 17.2 Å². The van der Waals surface area contributed by atoms with Crippen molar-refractivity contribution in [3.05, 3.63) is 95.3 Å². The average molecular weight is 444 g/mol. The molecule has 2 heterocycles. The number of hydrogen-bond donors (Lipinski definition) is 0. The highest BCUT2D eigenvalue weighted by Crippen LogP contribution is 2.33. The molecule has 0 aliphatic carbocycles. The van der Waals surface area contributed by atoms with Crippen LogP contribution in [-0.4, -0.2) is 31.1 Å². The lowest BCUT2D eigenvalue weighted by Gasteiger charge is -2.37. The van der Waals surface area contributed by atoms with Gasteiger partial charge in [-0.15, -0.1) is 0 Å². The Hall–Kier alpha value is -3.44. The third kappa shape index (κ3) is 4.29. The van der Waals surface area contributed by atoms with E-state index in [9.17, 15) is 9.18 Å². The van der Waals surface area contributed by atoms with E-state index in [1.807, 2.05) is 36.4 Å². The van der Waals surface area contributed by atoms with Crippen LogP contribution in [0.5, 0.6) is 0 Å². The van der Waals surface area contributed by atoms with E-state index in [0.717, 1.165) is 16.5 Å². The number of rotatable bonds is 6. The Morgan fingerprint density at radius 1 is 1.06 bits per heavy atom. The number of esters is 1. The molecule has 0 saturated carbocycles. The first-order valence-electron chi connectivity index (χ1n) is 11.2. The van der Waals surface area contributed by atoms with Gasteiger partial charge < -0.3 is 9.15 Å². The summed E-state index contributed by atoms with van der Waals surface area (Å²) < 4.78 is 25.7. The zero-order chi connectivity index (χ0) is 22.9. The van der Waals surface area contributed by atoms with Gasteiger partial charge in [0.2, 0.25) is 0 Å². The third-order valence-electron chi connectivity index (χ3n) is 6.54. The van der Waals surface area contributed by atoms with Crippen molar-refractivity contribution in [3.8, 4) is 11.3 Å². The summed E-state index contributed by atoms with van der Waals surface area (Å²) in [7, 11) is 1.40. The van der Waals surface area contributed by atoms with Gasteiger partial charge in [0.15, 0.2) is 0 Å². The molecule has 3 aromatic carbocycles. The van der Waals surface area contributed by atoms with E-state index in [0.29, 0.717) is 31.0 Å². The lowest BCUT2D eigenvalue weighted by atomic mass is 9.92. The molecule has 4 aromatic rings.